The van der Waals surface area contributed by atoms with Crippen molar-refractivity contribution < 1.29 is 5.11 Å². The molecule has 0 rings (SSSR count). The van der Waals surface area contributed by atoms with Gasteiger partial charge in [-0.2, -0.15) is 5.26 Å². The number of hydrogen-bond donors (Lipinski definition) is 1. The molecular weight excluding hydrogens is 90.1 g/mol. The molecule has 0 aromatic heterocycles. The molecule has 0 aromatic rings. The summed E-state index contributed by atoms with van der Waals surface area (Å²) in [4.78, 5) is 0. The summed E-state index contributed by atoms with van der Waals surface area (Å²) in [6.07, 6.45) is 0.455. The SMILES string of the molecule is C[C@H](CO)CC#N. The maximum atomic E-state index is 8.31. The zero-order chi connectivity index (χ0) is 5.70. The van der Waals surface area contributed by atoms with Crippen LogP contribution in [-0.2, 0) is 0 Å². The van der Waals surface area contributed by atoms with Crippen LogP contribution < -0.4 is 0 Å². The van der Waals surface area contributed by atoms with Gasteiger partial charge in [-0.1, -0.05) is 6.92 Å². The summed E-state index contributed by atoms with van der Waals surface area (Å²) in [5.74, 6) is 0.144. The first-order valence-electron chi connectivity index (χ1n) is 2.29. The number of hydrogen-bond acceptors (Lipinski definition) is 2. The molecule has 0 fully saturated rings. The van der Waals surface area contributed by atoms with E-state index >= 15 is 0 Å². The Morgan fingerprint density at radius 3 is 2.57 bits per heavy atom. The molecule has 0 saturated carbocycles. The number of nitrogens with zero attached hydrogens (tertiary/aromatic N) is 1. The number of nitriles is 1. The molecule has 0 aliphatic heterocycles. The molecule has 0 aromatic carbocycles. The zero-order valence-electron chi connectivity index (χ0n) is 4.39. The number of rotatable bonds is 2. The molecule has 40 valence electrons. The molecule has 0 spiro atoms. The molecule has 2 nitrogen and oxygen atoms in total. The van der Waals surface area contributed by atoms with E-state index in [0.29, 0.717) is 6.42 Å². The summed E-state index contributed by atoms with van der Waals surface area (Å²) >= 11 is 0. The van der Waals surface area contributed by atoms with Gasteiger partial charge in [0.15, 0.2) is 0 Å². The van der Waals surface area contributed by atoms with Crippen molar-refractivity contribution in [3.8, 4) is 6.07 Å². The Labute approximate surface area is 43.4 Å². The predicted molar refractivity (Wildman–Crippen MR) is 26.5 cm³/mol. The lowest BCUT2D eigenvalue weighted by atomic mass is 10.1. The van der Waals surface area contributed by atoms with Crippen molar-refractivity contribution in [1.29, 1.82) is 5.26 Å². The third kappa shape index (κ3) is 3.28. The van der Waals surface area contributed by atoms with E-state index in [0.717, 1.165) is 0 Å². The first-order valence-corrected chi connectivity index (χ1v) is 2.29. The van der Waals surface area contributed by atoms with Crippen LogP contribution in [0.25, 0.3) is 0 Å². The highest BCUT2D eigenvalue weighted by Gasteiger charge is 1.94. The minimum atomic E-state index is 0.119. The van der Waals surface area contributed by atoms with Gasteiger partial charge in [0, 0.05) is 13.0 Å². The summed E-state index contributed by atoms with van der Waals surface area (Å²) in [6.45, 7) is 1.96. The number of aliphatic hydroxyl groups is 1. The van der Waals surface area contributed by atoms with E-state index in [1.54, 1.807) is 0 Å². The van der Waals surface area contributed by atoms with E-state index in [9.17, 15) is 0 Å². The lowest BCUT2D eigenvalue weighted by molar-refractivity contribution is 0.240. The fourth-order valence-corrected chi connectivity index (χ4v) is 0.220. The topological polar surface area (TPSA) is 44.0 Å². The predicted octanol–water partition coefficient (Wildman–Crippen LogP) is 0.528. The van der Waals surface area contributed by atoms with Crippen LogP contribution in [0, 0.1) is 17.2 Å². The Morgan fingerprint density at radius 2 is 2.43 bits per heavy atom. The first-order chi connectivity index (χ1) is 3.31. The molecule has 0 unspecified atom stereocenters. The van der Waals surface area contributed by atoms with Crippen LogP contribution in [0.1, 0.15) is 13.3 Å². The Kier molecular flexibility index (Phi) is 3.35. The van der Waals surface area contributed by atoms with E-state index in [2.05, 4.69) is 0 Å². The van der Waals surface area contributed by atoms with Gasteiger partial charge in [-0.3, -0.25) is 0 Å². The van der Waals surface area contributed by atoms with Crippen LogP contribution in [0.3, 0.4) is 0 Å². The van der Waals surface area contributed by atoms with Crippen molar-refractivity contribution in [1.82, 2.24) is 0 Å². The van der Waals surface area contributed by atoms with E-state index < -0.39 is 0 Å². The molecule has 0 amide bonds. The summed E-state index contributed by atoms with van der Waals surface area (Å²) in [5, 5.41) is 16.3. The second-order valence-corrected chi connectivity index (χ2v) is 1.65. The van der Waals surface area contributed by atoms with Crippen LogP contribution in [0.5, 0.6) is 0 Å². The molecule has 7 heavy (non-hydrogen) atoms. The third-order valence-corrected chi connectivity index (χ3v) is 0.751. The fraction of sp³-hybridized carbons (Fsp3) is 0.800. The molecule has 1 N–H and O–H groups in total. The molecule has 0 aliphatic rings. The molecule has 2 heteroatoms. The van der Waals surface area contributed by atoms with Gasteiger partial charge in [0.05, 0.1) is 6.07 Å². The average Bonchev–Trinajstić information content (AvgIpc) is 1.68. The van der Waals surface area contributed by atoms with E-state index in [1.807, 2.05) is 13.0 Å². The summed E-state index contributed by atoms with van der Waals surface area (Å²) in [5.41, 5.74) is 0. The average molecular weight is 99.1 g/mol. The van der Waals surface area contributed by atoms with Gasteiger partial charge in [-0.05, 0) is 5.92 Å². The molecule has 0 heterocycles. The lowest BCUT2D eigenvalue weighted by Gasteiger charge is -1.96. The highest BCUT2D eigenvalue weighted by Crippen LogP contribution is 1.95. The van der Waals surface area contributed by atoms with Crippen LogP contribution in [-0.4, -0.2) is 11.7 Å². The Hall–Kier alpha value is -0.550. The minimum absolute atomic E-state index is 0.119. The highest BCUT2D eigenvalue weighted by atomic mass is 16.3. The Bertz CT molecular complexity index is 74.6. The number of aliphatic hydroxyl groups excluding tert-OH is 1. The molecule has 0 bridgehead atoms. The van der Waals surface area contributed by atoms with E-state index in [-0.39, 0.29) is 12.5 Å². The monoisotopic (exact) mass is 99.1 g/mol. The molecule has 0 radical (unpaired) electrons. The highest BCUT2D eigenvalue weighted by molar-refractivity contribution is 4.71. The van der Waals surface area contributed by atoms with Gasteiger partial charge < -0.3 is 5.11 Å². The van der Waals surface area contributed by atoms with Gasteiger partial charge in [0.25, 0.3) is 0 Å². The second kappa shape index (κ2) is 3.63. The molecular formula is C5H9NO. The largest absolute Gasteiger partial charge is 0.396 e. The van der Waals surface area contributed by atoms with Crippen molar-refractivity contribution in [3.63, 3.8) is 0 Å². The minimum Gasteiger partial charge on any atom is -0.396 e. The maximum absolute atomic E-state index is 8.31. The van der Waals surface area contributed by atoms with Gasteiger partial charge in [0.2, 0.25) is 0 Å². The van der Waals surface area contributed by atoms with Gasteiger partial charge in [-0.25, -0.2) is 0 Å². The van der Waals surface area contributed by atoms with Crippen LogP contribution in [0.4, 0.5) is 0 Å². The van der Waals surface area contributed by atoms with Crippen LogP contribution >= 0.6 is 0 Å². The quantitative estimate of drug-likeness (QED) is 0.548. The van der Waals surface area contributed by atoms with Crippen LogP contribution in [0.15, 0.2) is 0 Å². The smallest absolute Gasteiger partial charge is 0.0625 e. The normalized spacial score (nSPS) is 12.7. The lowest BCUT2D eigenvalue weighted by Crippen LogP contribution is -1.97. The van der Waals surface area contributed by atoms with E-state index in [1.165, 1.54) is 0 Å². The maximum Gasteiger partial charge on any atom is 0.0625 e. The van der Waals surface area contributed by atoms with Crippen molar-refractivity contribution >= 4 is 0 Å². The van der Waals surface area contributed by atoms with Crippen molar-refractivity contribution in [2.24, 2.45) is 5.92 Å². The first kappa shape index (κ1) is 6.45. The van der Waals surface area contributed by atoms with E-state index in [4.69, 9.17) is 10.4 Å². The summed E-state index contributed by atoms with van der Waals surface area (Å²) < 4.78 is 0. The standard InChI is InChI=1S/C5H9NO/c1-5(4-7)2-3-6/h5,7H,2,4H2,1H3/t5-/m0/s1. The van der Waals surface area contributed by atoms with Crippen LogP contribution in [0.2, 0.25) is 0 Å². The van der Waals surface area contributed by atoms with Gasteiger partial charge in [0.1, 0.15) is 0 Å². The van der Waals surface area contributed by atoms with Gasteiger partial charge in [-0.15, -0.1) is 0 Å². The van der Waals surface area contributed by atoms with Crippen molar-refractivity contribution in [2.75, 3.05) is 6.61 Å². The Balaban J connectivity index is 3.03. The second-order valence-electron chi connectivity index (χ2n) is 1.65. The molecule has 0 aliphatic carbocycles. The zero-order valence-corrected chi connectivity index (χ0v) is 4.39. The molecule has 1 atom stereocenters. The van der Waals surface area contributed by atoms with Crippen molar-refractivity contribution in [2.45, 2.75) is 13.3 Å². The summed E-state index contributed by atoms with van der Waals surface area (Å²) in [6, 6.07) is 1.96. The third-order valence-electron chi connectivity index (χ3n) is 0.751. The summed E-state index contributed by atoms with van der Waals surface area (Å²) in [7, 11) is 0. The fourth-order valence-electron chi connectivity index (χ4n) is 0.220. The Morgan fingerprint density at radius 1 is 1.86 bits per heavy atom. The molecule has 0 saturated heterocycles. The van der Waals surface area contributed by atoms with Gasteiger partial charge >= 0.3 is 0 Å². The van der Waals surface area contributed by atoms with Crippen molar-refractivity contribution in [3.05, 3.63) is 0 Å².